The summed E-state index contributed by atoms with van der Waals surface area (Å²) in [6.07, 6.45) is 0.646. The van der Waals surface area contributed by atoms with E-state index >= 15 is 0 Å². The van der Waals surface area contributed by atoms with E-state index in [1.165, 1.54) is 11.8 Å². The number of methoxy groups -OCH3 is 1. The predicted octanol–water partition coefficient (Wildman–Crippen LogP) is 4.77. The van der Waals surface area contributed by atoms with E-state index in [4.69, 9.17) is 21.1 Å². The van der Waals surface area contributed by atoms with Crippen LogP contribution >= 0.6 is 39.3 Å². The predicted molar refractivity (Wildman–Crippen MR) is 111 cm³/mol. The summed E-state index contributed by atoms with van der Waals surface area (Å²) in [6.45, 7) is 0.429. The maximum Gasteiger partial charge on any atom is 0.319 e. The molecule has 1 aliphatic heterocycles. The van der Waals surface area contributed by atoms with Gasteiger partial charge in [-0.2, -0.15) is 0 Å². The summed E-state index contributed by atoms with van der Waals surface area (Å²) in [5.74, 6) is 1.01. The number of benzene rings is 2. The fraction of sp³-hybridized carbons (Fsp3) is 0.211. The minimum Gasteiger partial charge on any atom is -0.495 e. The summed E-state index contributed by atoms with van der Waals surface area (Å²) in [4.78, 5) is 11.9. The fourth-order valence-corrected chi connectivity index (χ4v) is 4.41. The van der Waals surface area contributed by atoms with Crippen LogP contribution in [0.25, 0.3) is 17.1 Å². The molecule has 2 aromatic carbocycles. The quantitative estimate of drug-likeness (QED) is 0.490. The molecule has 0 amide bonds. The van der Waals surface area contributed by atoms with Gasteiger partial charge in [-0.25, -0.2) is 0 Å². The molecule has 9 heteroatoms. The lowest BCUT2D eigenvalue weighted by atomic mass is 10.2. The average molecular weight is 481 g/mol. The largest absolute Gasteiger partial charge is 0.495 e. The van der Waals surface area contributed by atoms with E-state index in [9.17, 15) is 4.79 Å². The van der Waals surface area contributed by atoms with E-state index in [1.54, 1.807) is 19.2 Å². The van der Waals surface area contributed by atoms with Crippen LogP contribution in [0.1, 0.15) is 6.42 Å². The number of rotatable bonds is 5. The number of cyclic esters (lactones) is 1. The minimum absolute atomic E-state index is 0.225. The van der Waals surface area contributed by atoms with Crippen LogP contribution in [-0.4, -0.2) is 39.7 Å². The maximum atomic E-state index is 11.9. The molecular weight excluding hydrogens is 466 g/mol. The van der Waals surface area contributed by atoms with Crippen molar-refractivity contribution in [3.8, 4) is 22.8 Å². The van der Waals surface area contributed by atoms with Gasteiger partial charge in [-0.3, -0.25) is 9.36 Å². The number of halogens is 2. The van der Waals surface area contributed by atoms with Crippen LogP contribution in [0.15, 0.2) is 52.1 Å². The molecule has 0 aliphatic carbocycles. The van der Waals surface area contributed by atoms with E-state index in [-0.39, 0.29) is 11.2 Å². The molecule has 0 saturated carbocycles. The molecule has 0 spiro atoms. The Balaban J connectivity index is 1.82. The van der Waals surface area contributed by atoms with E-state index in [1.807, 2.05) is 34.9 Å². The van der Waals surface area contributed by atoms with Crippen LogP contribution in [0.3, 0.4) is 0 Å². The molecule has 0 N–H and O–H groups in total. The molecule has 1 aliphatic rings. The Kier molecular flexibility index (Phi) is 5.61. The van der Waals surface area contributed by atoms with Crippen molar-refractivity contribution in [2.75, 3.05) is 13.7 Å². The minimum atomic E-state index is -0.297. The van der Waals surface area contributed by atoms with Crippen molar-refractivity contribution in [3.05, 3.63) is 52.0 Å². The second-order valence-corrected chi connectivity index (χ2v) is 8.52. The molecule has 144 valence electrons. The normalized spacial score (nSPS) is 16.2. The van der Waals surface area contributed by atoms with Crippen molar-refractivity contribution in [3.63, 3.8) is 0 Å². The summed E-state index contributed by atoms with van der Waals surface area (Å²) >= 11 is 11.1. The molecule has 0 radical (unpaired) electrons. The maximum absolute atomic E-state index is 11.9. The van der Waals surface area contributed by atoms with Crippen LogP contribution in [-0.2, 0) is 9.53 Å². The number of esters is 1. The van der Waals surface area contributed by atoms with Crippen LogP contribution in [0, 0.1) is 0 Å². The first-order valence-electron chi connectivity index (χ1n) is 8.45. The highest BCUT2D eigenvalue weighted by Gasteiger charge is 2.30. The van der Waals surface area contributed by atoms with Crippen molar-refractivity contribution in [1.29, 1.82) is 0 Å². The third kappa shape index (κ3) is 3.76. The zero-order valence-electron chi connectivity index (χ0n) is 14.8. The summed E-state index contributed by atoms with van der Waals surface area (Å²) in [6, 6.07) is 13.3. The van der Waals surface area contributed by atoms with Crippen molar-refractivity contribution in [1.82, 2.24) is 14.8 Å². The number of thioether (sulfide) groups is 1. The molecule has 1 fully saturated rings. The lowest BCUT2D eigenvalue weighted by molar-refractivity contribution is -0.137. The van der Waals surface area contributed by atoms with Gasteiger partial charge in [0.25, 0.3) is 0 Å². The van der Waals surface area contributed by atoms with Crippen LogP contribution < -0.4 is 4.74 Å². The van der Waals surface area contributed by atoms with Crippen molar-refractivity contribution >= 4 is 45.3 Å². The molecule has 3 aromatic rings. The smallest absolute Gasteiger partial charge is 0.319 e. The highest BCUT2D eigenvalue weighted by molar-refractivity contribution is 9.10. The van der Waals surface area contributed by atoms with Crippen molar-refractivity contribution < 1.29 is 14.3 Å². The SMILES string of the molecule is COc1ccc(-n2c(SC3CCOC3=O)nnc2-c2ccc(Br)cc2)cc1Cl. The summed E-state index contributed by atoms with van der Waals surface area (Å²) < 4.78 is 13.2. The Morgan fingerprint density at radius 2 is 2.04 bits per heavy atom. The lowest BCUT2D eigenvalue weighted by Crippen LogP contribution is -2.11. The first kappa shape index (κ1) is 19.3. The summed E-state index contributed by atoms with van der Waals surface area (Å²) in [5, 5.41) is 9.51. The van der Waals surface area contributed by atoms with Gasteiger partial charge in [0.05, 0.1) is 24.4 Å². The highest BCUT2D eigenvalue weighted by atomic mass is 79.9. The number of carbonyl (C=O) groups excluding carboxylic acids is 1. The number of aromatic nitrogens is 3. The van der Waals surface area contributed by atoms with E-state index in [0.29, 0.717) is 34.8 Å². The van der Waals surface area contributed by atoms with E-state index in [0.717, 1.165) is 15.7 Å². The first-order valence-corrected chi connectivity index (χ1v) is 10.5. The Morgan fingerprint density at radius 3 is 2.68 bits per heavy atom. The van der Waals surface area contributed by atoms with Gasteiger partial charge >= 0.3 is 5.97 Å². The van der Waals surface area contributed by atoms with E-state index < -0.39 is 0 Å². The lowest BCUT2D eigenvalue weighted by Gasteiger charge is -2.13. The zero-order valence-corrected chi connectivity index (χ0v) is 17.9. The Bertz CT molecular complexity index is 1030. The van der Waals surface area contributed by atoms with Gasteiger partial charge in [0.2, 0.25) is 0 Å². The first-order chi connectivity index (χ1) is 13.6. The number of hydrogen-bond acceptors (Lipinski definition) is 6. The number of ether oxygens (including phenoxy) is 2. The van der Waals surface area contributed by atoms with Gasteiger partial charge in [-0.1, -0.05) is 51.4 Å². The number of carbonyl (C=O) groups is 1. The standard InChI is InChI=1S/C19H15BrClN3O3S/c1-26-15-7-6-13(10-14(15)21)24-17(11-2-4-12(20)5-3-11)22-23-19(24)28-16-8-9-27-18(16)25/h2-7,10,16H,8-9H2,1H3. The Morgan fingerprint density at radius 1 is 1.25 bits per heavy atom. The van der Waals surface area contributed by atoms with Crippen LogP contribution in [0.4, 0.5) is 0 Å². The summed E-state index contributed by atoms with van der Waals surface area (Å²) in [5.41, 5.74) is 1.67. The van der Waals surface area contributed by atoms with Gasteiger partial charge in [0, 0.05) is 16.5 Å². The topological polar surface area (TPSA) is 66.2 Å². The van der Waals surface area contributed by atoms with Crippen molar-refractivity contribution in [2.24, 2.45) is 0 Å². The molecule has 1 aromatic heterocycles. The molecule has 28 heavy (non-hydrogen) atoms. The second-order valence-electron chi connectivity index (χ2n) is 6.03. The van der Waals surface area contributed by atoms with Crippen LogP contribution in [0.5, 0.6) is 5.75 Å². The van der Waals surface area contributed by atoms with Crippen molar-refractivity contribution in [2.45, 2.75) is 16.8 Å². The molecule has 6 nitrogen and oxygen atoms in total. The number of nitrogens with zero attached hydrogens (tertiary/aromatic N) is 3. The Labute approximate surface area is 179 Å². The van der Waals surface area contributed by atoms with Gasteiger partial charge < -0.3 is 9.47 Å². The monoisotopic (exact) mass is 479 g/mol. The van der Waals surface area contributed by atoms with E-state index in [2.05, 4.69) is 26.1 Å². The molecule has 4 rings (SSSR count). The fourth-order valence-electron chi connectivity index (χ4n) is 2.87. The molecule has 2 heterocycles. The third-order valence-corrected chi connectivity index (χ3v) is 6.28. The molecule has 1 saturated heterocycles. The molecule has 0 bridgehead atoms. The average Bonchev–Trinajstić information content (AvgIpc) is 3.29. The highest BCUT2D eigenvalue weighted by Crippen LogP contribution is 2.35. The van der Waals surface area contributed by atoms with Gasteiger partial charge in [-0.05, 0) is 30.3 Å². The molecule has 1 atom stereocenters. The van der Waals surface area contributed by atoms with Gasteiger partial charge in [0.1, 0.15) is 11.0 Å². The summed E-state index contributed by atoms with van der Waals surface area (Å²) in [7, 11) is 1.57. The van der Waals surface area contributed by atoms with Gasteiger partial charge in [0.15, 0.2) is 11.0 Å². The Hall–Kier alpha value is -2.03. The van der Waals surface area contributed by atoms with Crippen LogP contribution in [0.2, 0.25) is 5.02 Å². The van der Waals surface area contributed by atoms with Gasteiger partial charge in [-0.15, -0.1) is 10.2 Å². The zero-order chi connectivity index (χ0) is 19.7. The second kappa shape index (κ2) is 8.14. The number of hydrogen-bond donors (Lipinski definition) is 0. The molecular formula is C19H15BrClN3O3S. The molecule has 1 unspecified atom stereocenters. The third-order valence-electron chi connectivity index (χ3n) is 4.26.